The third-order valence-corrected chi connectivity index (χ3v) is 5.35. The maximum Gasteiger partial charge on any atom is 0.338 e. The zero-order valence-corrected chi connectivity index (χ0v) is 17.1. The Balaban J connectivity index is 1.96. The largest absolute Gasteiger partial charge is 0.478 e. The lowest BCUT2D eigenvalue weighted by atomic mass is 10.0. The van der Waals surface area contributed by atoms with E-state index in [2.05, 4.69) is 4.98 Å². The Kier molecular flexibility index (Phi) is 5.22. The molecule has 0 bridgehead atoms. The van der Waals surface area contributed by atoms with Gasteiger partial charge in [0, 0.05) is 18.0 Å². The van der Waals surface area contributed by atoms with Crippen LogP contribution in [0.3, 0.4) is 0 Å². The number of carboxylic acid groups (broad SMARTS) is 2. The fourth-order valence-electron chi connectivity index (χ4n) is 3.21. The monoisotopic (exact) mass is 454 g/mol. The molecule has 9 heteroatoms. The van der Waals surface area contributed by atoms with Crippen LogP contribution in [-0.2, 0) is 0 Å². The molecule has 0 aliphatic heterocycles. The minimum absolute atomic E-state index is 0.0822. The van der Waals surface area contributed by atoms with E-state index >= 15 is 0 Å². The highest BCUT2D eigenvalue weighted by Crippen LogP contribution is 2.32. The van der Waals surface area contributed by atoms with Gasteiger partial charge in [-0.3, -0.25) is 9.20 Å². The predicted octanol–water partition coefficient (Wildman–Crippen LogP) is 4.94. The van der Waals surface area contributed by atoms with Gasteiger partial charge in [-0.2, -0.15) is 0 Å². The second-order valence-corrected chi connectivity index (χ2v) is 7.41. The molecule has 2 N–H and O–H groups in total. The van der Waals surface area contributed by atoms with Crippen LogP contribution >= 0.6 is 23.2 Å². The molecular weight excluding hydrogens is 443 g/mol. The van der Waals surface area contributed by atoms with Crippen molar-refractivity contribution in [2.45, 2.75) is 0 Å². The summed E-state index contributed by atoms with van der Waals surface area (Å²) in [5.41, 5.74) is 1.61. The number of aromatic nitrogens is 2. The van der Waals surface area contributed by atoms with Crippen LogP contribution in [0, 0.1) is 0 Å². The SMILES string of the molecule is O=C(O)c1ccc(-c2cc(C(=O)c3c(Cl)cccc3Cl)n3cc(C(=O)O)cnc23)cc1. The second-order valence-electron chi connectivity index (χ2n) is 6.59. The summed E-state index contributed by atoms with van der Waals surface area (Å²) in [4.78, 5) is 40.1. The highest BCUT2D eigenvalue weighted by Gasteiger charge is 2.23. The summed E-state index contributed by atoms with van der Waals surface area (Å²) < 4.78 is 1.37. The lowest BCUT2D eigenvalue weighted by Gasteiger charge is -2.07. The fourth-order valence-corrected chi connectivity index (χ4v) is 3.78. The number of hydrogen-bond acceptors (Lipinski definition) is 4. The smallest absolute Gasteiger partial charge is 0.338 e. The summed E-state index contributed by atoms with van der Waals surface area (Å²) in [6, 6.07) is 12.2. The Bertz CT molecular complexity index is 1360. The third-order valence-electron chi connectivity index (χ3n) is 4.72. The number of ketones is 1. The first-order valence-electron chi connectivity index (χ1n) is 8.84. The quantitative estimate of drug-likeness (QED) is 0.413. The van der Waals surface area contributed by atoms with Crippen molar-refractivity contribution in [2.75, 3.05) is 0 Å². The normalized spacial score (nSPS) is 10.9. The van der Waals surface area contributed by atoms with Crippen LogP contribution in [0.25, 0.3) is 16.8 Å². The number of carboxylic acids is 2. The number of aromatic carboxylic acids is 2. The molecule has 4 rings (SSSR count). The molecular formula is C22H12Cl2N2O5. The summed E-state index contributed by atoms with van der Waals surface area (Å²) in [5.74, 6) is -2.78. The molecule has 2 aromatic heterocycles. The van der Waals surface area contributed by atoms with Gasteiger partial charge in [0.15, 0.2) is 0 Å². The minimum Gasteiger partial charge on any atom is -0.478 e. The first-order valence-corrected chi connectivity index (χ1v) is 9.60. The van der Waals surface area contributed by atoms with Gasteiger partial charge < -0.3 is 10.2 Å². The van der Waals surface area contributed by atoms with Crippen LogP contribution in [0.4, 0.5) is 0 Å². The molecule has 0 aliphatic carbocycles. The van der Waals surface area contributed by atoms with E-state index in [9.17, 15) is 19.5 Å². The number of nitrogens with zero attached hydrogens (tertiary/aromatic N) is 2. The van der Waals surface area contributed by atoms with Crippen molar-refractivity contribution < 1.29 is 24.6 Å². The van der Waals surface area contributed by atoms with Crippen molar-refractivity contribution >= 4 is 46.6 Å². The van der Waals surface area contributed by atoms with Gasteiger partial charge >= 0.3 is 11.9 Å². The molecule has 4 aromatic rings. The summed E-state index contributed by atoms with van der Waals surface area (Å²) in [6.07, 6.45) is 2.47. The molecule has 0 saturated carbocycles. The van der Waals surface area contributed by atoms with Crippen LogP contribution in [0.1, 0.15) is 36.8 Å². The molecule has 2 heterocycles. The molecule has 0 spiro atoms. The molecule has 0 unspecified atom stereocenters. The van der Waals surface area contributed by atoms with E-state index in [0.29, 0.717) is 16.8 Å². The molecule has 154 valence electrons. The Hall–Kier alpha value is -3.68. The van der Waals surface area contributed by atoms with Gasteiger partial charge in [-0.15, -0.1) is 0 Å². The van der Waals surface area contributed by atoms with Crippen LogP contribution in [0.2, 0.25) is 10.0 Å². The number of halogens is 2. The van der Waals surface area contributed by atoms with Crippen LogP contribution < -0.4 is 0 Å². The lowest BCUT2D eigenvalue weighted by Crippen LogP contribution is -2.09. The van der Waals surface area contributed by atoms with Gasteiger partial charge in [0.05, 0.1) is 32.4 Å². The van der Waals surface area contributed by atoms with Crippen molar-refractivity contribution in [2.24, 2.45) is 0 Å². The van der Waals surface area contributed by atoms with E-state index in [0.717, 1.165) is 0 Å². The van der Waals surface area contributed by atoms with Gasteiger partial charge in [-0.25, -0.2) is 14.6 Å². The Morgan fingerprint density at radius 1 is 0.871 bits per heavy atom. The first kappa shape index (κ1) is 20.6. The van der Waals surface area contributed by atoms with E-state index < -0.39 is 17.7 Å². The zero-order valence-electron chi connectivity index (χ0n) is 15.5. The average Bonchev–Trinajstić information content (AvgIpc) is 3.12. The lowest BCUT2D eigenvalue weighted by molar-refractivity contribution is 0.0685. The maximum atomic E-state index is 13.3. The predicted molar refractivity (Wildman–Crippen MR) is 114 cm³/mol. The standard InChI is InChI=1S/C22H12Cl2N2O5/c23-15-2-1-3-16(24)18(15)19(27)17-8-14(11-4-6-12(7-5-11)21(28)29)20-25-9-13(22(30)31)10-26(17)20/h1-10H,(H,28,29)(H,30,31). The van der Waals surface area contributed by atoms with E-state index in [-0.39, 0.29) is 32.4 Å². The Labute approximate surface area is 185 Å². The fraction of sp³-hybridized carbons (Fsp3) is 0. The van der Waals surface area contributed by atoms with Crippen LogP contribution in [0.5, 0.6) is 0 Å². The molecule has 0 fully saturated rings. The Morgan fingerprint density at radius 2 is 1.48 bits per heavy atom. The zero-order chi connectivity index (χ0) is 22.3. The van der Waals surface area contributed by atoms with E-state index in [4.69, 9.17) is 28.3 Å². The first-order chi connectivity index (χ1) is 14.8. The van der Waals surface area contributed by atoms with E-state index in [1.165, 1.54) is 41.1 Å². The van der Waals surface area contributed by atoms with Crippen molar-refractivity contribution in [3.63, 3.8) is 0 Å². The second kappa shape index (κ2) is 7.86. The van der Waals surface area contributed by atoms with Gasteiger partial charge in [-0.05, 0) is 35.9 Å². The van der Waals surface area contributed by atoms with Gasteiger partial charge in [-0.1, -0.05) is 41.4 Å². The van der Waals surface area contributed by atoms with Crippen LogP contribution in [-0.4, -0.2) is 37.3 Å². The van der Waals surface area contributed by atoms with Crippen molar-refractivity contribution in [3.8, 4) is 11.1 Å². The molecule has 0 amide bonds. The minimum atomic E-state index is -1.20. The summed E-state index contributed by atoms with van der Waals surface area (Å²) in [6.45, 7) is 0. The molecule has 0 aliphatic rings. The summed E-state index contributed by atoms with van der Waals surface area (Å²) >= 11 is 12.4. The molecule has 2 aromatic carbocycles. The maximum absolute atomic E-state index is 13.3. The highest BCUT2D eigenvalue weighted by molar-refractivity contribution is 6.41. The van der Waals surface area contributed by atoms with Crippen molar-refractivity contribution in [3.05, 3.63) is 93.4 Å². The molecule has 7 nitrogen and oxygen atoms in total. The molecule has 0 atom stereocenters. The molecule has 0 radical (unpaired) electrons. The van der Waals surface area contributed by atoms with E-state index in [1.807, 2.05) is 0 Å². The number of benzene rings is 2. The highest BCUT2D eigenvalue weighted by atomic mass is 35.5. The van der Waals surface area contributed by atoms with Gasteiger partial charge in [0.1, 0.15) is 5.65 Å². The number of hydrogen-bond donors (Lipinski definition) is 2. The van der Waals surface area contributed by atoms with E-state index in [1.54, 1.807) is 24.3 Å². The Morgan fingerprint density at radius 3 is 2.06 bits per heavy atom. The number of carbonyl (C=O) groups is 3. The number of rotatable bonds is 5. The molecule has 31 heavy (non-hydrogen) atoms. The molecule has 0 saturated heterocycles. The average molecular weight is 455 g/mol. The van der Waals surface area contributed by atoms with Crippen molar-refractivity contribution in [1.82, 2.24) is 9.38 Å². The summed E-state index contributed by atoms with van der Waals surface area (Å²) in [5, 5.41) is 18.8. The van der Waals surface area contributed by atoms with Crippen molar-refractivity contribution in [1.29, 1.82) is 0 Å². The van der Waals surface area contributed by atoms with Gasteiger partial charge in [0.25, 0.3) is 0 Å². The number of fused-ring (bicyclic) bond motifs is 1. The summed E-state index contributed by atoms with van der Waals surface area (Å²) in [7, 11) is 0. The topological polar surface area (TPSA) is 109 Å². The van der Waals surface area contributed by atoms with Gasteiger partial charge in [0.2, 0.25) is 5.78 Å². The third kappa shape index (κ3) is 3.65. The van der Waals surface area contributed by atoms with Crippen LogP contribution in [0.15, 0.2) is 60.9 Å². The number of carbonyl (C=O) groups excluding carboxylic acids is 1.